The van der Waals surface area contributed by atoms with Gasteiger partial charge in [-0.25, -0.2) is 4.39 Å². The molecule has 0 fully saturated rings. The Labute approximate surface area is 137 Å². The van der Waals surface area contributed by atoms with Crippen molar-refractivity contribution in [1.82, 2.24) is 9.88 Å². The number of nitrogens with one attached hydrogen (secondary N) is 1. The molecule has 24 heavy (non-hydrogen) atoms. The highest BCUT2D eigenvalue weighted by atomic mass is 19.1. The minimum atomic E-state index is -1.60. The van der Waals surface area contributed by atoms with Crippen LogP contribution in [0.3, 0.4) is 0 Å². The van der Waals surface area contributed by atoms with Crippen molar-refractivity contribution < 1.29 is 18.8 Å². The average molecular weight is 332 g/mol. The van der Waals surface area contributed by atoms with Crippen molar-refractivity contribution in [2.45, 2.75) is 19.9 Å². The third-order valence-electron chi connectivity index (χ3n) is 3.59. The van der Waals surface area contributed by atoms with E-state index in [1.165, 1.54) is 12.1 Å². The van der Waals surface area contributed by atoms with Crippen molar-refractivity contribution in [3.8, 4) is 5.69 Å². The fraction of sp³-hybridized carbons (Fsp3) is 0.188. The molecule has 0 bridgehead atoms. The van der Waals surface area contributed by atoms with Gasteiger partial charge in [0.15, 0.2) is 6.04 Å². The van der Waals surface area contributed by atoms with Crippen molar-refractivity contribution in [2.24, 2.45) is 11.5 Å². The lowest BCUT2D eigenvalue weighted by atomic mass is 10.2. The minimum Gasteiger partial charge on any atom is -0.367 e. The number of hydrogen-bond donors (Lipinski definition) is 3. The molecule has 5 N–H and O–H groups in total. The summed E-state index contributed by atoms with van der Waals surface area (Å²) < 4.78 is 15.1. The Morgan fingerprint density at radius 3 is 2.29 bits per heavy atom. The number of benzene rings is 1. The fourth-order valence-electron chi connectivity index (χ4n) is 2.50. The highest BCUT2D eigenvalue weighted by Crippen LogP contribution is 2.21. The van der Waals surface area contributed by atoms with Gasteiger partial charge >= 0.3 is 0 Å². The molecule has 1 heterocycles. The third-order valence-corrected chi connectivity index (χ3v) is 3.59. The van der Waals surface area contributed by atoms with E-state index in [0.717, 1.165) is 0 Å². The number of hydrogen-bond acceptors (Lipinski definition) is 3. The second-order valence-electron chi connectivity index (χ2n) is 5.31. The quantitative estimate of drug-likeness (QED) is 0.683. The smallest absolute Gasteiger partial charge is 0.254 e. The van der Waals surface area contributed by atoms with E-state index >= 15 is 0 Å². The zero-order chi connectivity index (χ0) is 18.0. The summed E-state index contributed by atoms with van der Waals surface area (Å²) in [5.74, 6) is -3.17. The predicted molar refractivity (Wildman–Crippen MR) is 84.8 cm³/mol. The van der Waals surface area contributed by atoms with Crippen LogP contribution in [0.1, 0.15) is 21.7 Å². The van der Waals surface area contributed by atoms with Crippen LogP contribution in [-0.4, -0.2) is 28.3 Å². The van der Waals surface area contributed by atoms with Crippen LogP contribution in [0.15, 0.2) is 30.3 Å². The molecule has 1 aromatic carbocycles. The minimum absolute atomic E-state index is 0.226. The summed E-state index contributed by atoms with van der Waals surface area (Å²) in [5.41, 5.74) is 12.1. The second kappa shape index (κ2) is 6.53. The summed E-state index contributed by atoms with van der Waals surface area (Å²) in [6.45, 7) is 3.41. The predicted octanol–water partition coefficient (Wildman–Crippen LogP) is 0.302. The van der Waals surface area contributed by atoms with Crippen LogP contribution in [-0.2, 0) is 9.59 Å². The highest BCUT2D eigenvalue weighted by Gasteiger charge is 2.26. The monoisotopic (exact) mass is 332 g/mol. The van der Waals surface area contributed by atoms with Gasteiger partial charge in [-0.3, -0.25) is 14.4 Å². The summed E-state index contributed by atoms with van der Waals surface area (Å²) in [6.07, 6.45) is 0. The maximum atomic E-state index is 13.4. The molecular formula is C16H17FN4O3. The molecule has 0 atom stereocenters. The molecule has 0 saturated heterocycles. The van der Waals surface area contributed by atoms with Crippen molar-refractivity contribution in [1.29, 1.82) is 0 Å². The lowest BCUT2D eigenvalue weighted by Gasteiger charge is -2.13. The summed E-state index contributed by atoms with van der Waals surface area (Å²) in [7, 11) is 0. The normalized spacial score (nSPS) is 10.7. The molecule has 0 saturated carbocycles. The van der Waals surface area contributed by atoms with Crippen LogP contribution in [0.4, 0.5) is 4.39 Å². The van der Waals surface area contributed by atoms with Crippen LogP contribution in [0.25, 0.3) is 5.69 Å². The molecule has 0 aliphatic carbocycles. The van der Waals surface area contributed by atoms with E-state index in [1.54, 1.807) is 36.6 Å². The Morgan fingerprint density at radius 1 is 1.12 bits per heavy atom. The molecule has 3 amide bonds. The van der Waals surface area contributed by atoms with Crippen molar-refractivity contribution in [2.75, 3.05) is 0 Å². The van der Waals surface area contributed by atoms with E-state index in [-0.39, 0.29) is 5.56 Å². The van der Waals surface area contributed by atoms with Crippen LogP contribution in [0.5, 0.6) is 0 Å². The molecule has 2 rings (SSSR count). The zero-order valence-corrected chi connectivity index (χ0v) is 13.2. The summed E-state index contributed by atoms with van der Waals surface area (Å²) >= 11 is 0. The van der Waals surface area contributed by atoms with Gasteiger partial charge in [-0.2, -0.15) is 0 Å². The molecular weight excluding hydrogens is 315 g/mol. The largest absolute Gasteiger partial charge is 0.367 e. The molecule has 7 nitrogen and oxygen atoms in total. The van der Waals surface area contributed by atoms with Gasteiger partial charge in [0.1, 0.15) is 5.82 Å². The SMILES string of the molecule is Cc1cc(C(=O)NC(C(N)=O)C(N)=O)c(C)n1-c1cccc(F)c1. The number of amides is 3. The van der Waals surface area contributed by atoms with E-state index in [4.69, 9.17) is 11.5 Å². The third kappa shape index (κ3) is 3.27. The van der Waals surface area contributed by atoms with Gasteiger partial charge in [0.25, 0.3) is 5.91 Å². The molecule has 0 aliphatic rings. The Bertz CT molecular complexity index is 815. The molecule has 8 heteroatoms. The number of halogens is 1. The van der Waals surface area contributed by atoms with Crippen molar-refractivity contribution in [3.63, 3.8) is 0 Å². The second-order valence-corrected chi connectivity index (χ2v) is 5.31. The van der Waals surface area contributed by atoms with E-state index < -0.39 is 29.6 Å². The van der Waals surface area contributed by atoms with E-state index in [2.05, 4.69) is 5.32 Å². The molecule has 1 aromatic heterocycles. The van der Waals surface area contributed by atoms with Gasteiger partial charge in [-0.15, -0.1) is 0 Å². The first-order valence-corrected chi connectivity index (χ1v) is 7.06. The van der Waals surface area contributed by atoms with Gasteiger partial charge in [0.05, 0.1) is 5.56 Å². The molecule has 0 spiro atoms. The number of nitrogens with two attached hydrogens (primary N) is 2. The zero-order valence-electron chi connectivity index (χ0n) is 13.2. The van der Waals surface area contributed by atoms with E-state index in [0.29, 0.717) is 17.1 Å². The Hall–Kier alpha value is -3.16. The maximum absolute atomic E-state index is 13.4. The summed E-state index contributed by atoms with van der Waals surface area (Å²) in [6, 6.07) is 5.86. The lowest BCUT2D eigenvalue weighted by Crippen LogP contribution is -2.52. The number of aromatic nitrogens is 1. The van der Waals surface area contributed by atoms with Crippen LogP contribution < -0.4 is 16.8 Å². The Morgan fingerprint density at radius 2 is 1.75 bits per heavy atom. The topological polar surface area (TPSA) is 120 Å². The molecule has 0 aliphatic heterocycles. The van der Waals surface area contributed by atoms with Gasteiger partial charge in [0, 0.05) is 17.1 Å². The number of primary amides is 2. The lowest BCUT2D eigenvalue weighted by molar-refractivity contribution is -0.128. The molecule has 0 unspecified atom stereocenters. The number of aryl methyl sites for hydroxylation is 1. The first-order valence-electron chi connectivity index (χ1n) is 7.06. The fourth-order valence-corrected chi connectivity index (χ4v) is 2.50. The first-order chi connectivity index (χ1) is 11.2. The van der Waals surface area contributed by atoms with Gasteiger partial charge in [-0.1, -0.05) is 6.07 Å². The molecule has 0 radical (unpaired) electrons. The van der Waals surface area contributed by atoms with Gasteiger partial charge < -0.3 is 21.4 Å². The number of carbonyl (C=O) groups excluding carboxylic acids is 3. The number of carbonyl (C=O) groups is 3. The summed E-state index contributed by atoms with van der Waals surface area (Å²) in [4.78, 5) is 34.7. The standard InChI is InChI=1S/C16H17FN4O3/c1-8-6-12(16(24)20-13(14(18)22)15(19)23)9(2)21(8)11-5-3-4-10(17)7-11/h3-7,13H,1-2H3,(H2,18,22)(H2,19,23)(H,20,24). The van der Waals surface area contributed by atoms with Crippen molar-refractivity contribution in [3.05, 3.63) is 53.1 Å². The first kappa shape index (κ1) is 17.2. The van der Waals surface area contributed by atoms with E-state index in [1.807, 2.05) is 0 Å². The summed E-state index contributed by atoms with van der Waals surface area (Å²) in [5, 5.41) is 2.20. The maximum Gasteiger partial charge on any atom is 0.254 e. The average Bonchev–Trinajstić information content (AvgIpc) is 2.78. The number of nitrogens with zero attached hydrogens (tertiary/aromatic N) is 1. The van der Waals surface area contributed by atoms with Gasteiger partial charge in [0.2, 0.25) is 11.8 Å². The van der Waals surface area contributed by atoms with Crippen LogP contribution >= 0.6 is 0 Å². The molecule has 126 valence electrons. The number of rotatable bonds is 5. The van der Waals surface area contributed by atoms with E-state index in [9.17, 15) is 18.8 Å². The molecule has 2 aromatic rings. The van der Waals surface area contributed by atoms with Gasteiger partial charge in [-0.05, 0) is 38.1 Å². The highest BCUT2D eigenvalue weighted by molar-refractivity contribution is 6.08. The van der Waals surface area contributed by atoms with Crippen molar-refractivity contribution >= 4 is 17.7 Å². The Balaban J connectivity index is 2.40. The Kier molecular flexibility index (Phi) is 4.68. The van der Waals surface area contributed by atoms with Crippen LogP contribution in [0, 0.1) is 19.7 Å². The van der Waals surface area contributed by atoms with Crippen LogP contribution in [0.2, 0.25) is 0 Å².